The van der Waals surface area contributed by atoms with Gasteiger partial charge in [-0.25, -0.2) is 9.00 Å². The van der Waals surface area contributed by atoms with E-state index in [-0.39, 0.29) is 17.1 Å². The Morgan fingerprint density at radius 1 is 1.40 bits per heavy atom. The Labute approximate surface area is 115 Å². The summed E-state index contributed by atoms with van der Waals surface area (Å²) in [6.45, 7) is 0. The van der Waals surface area contributed by atoms with Crippen LogP contribution >= 0.6 is 0 Å². The van der Waals surface area contributed by atoms with E-state index in [0.29, 0.717) is 12.8 Å². The van der Waals surface area contributed by atoms with Crippen LogP contribution in [0.15, 0.2) is 0 Å². The van der Waals surface area contributed by atoms with Gasteiger partial charge in [0.1, 0.15) is 12.2 Å². The van der Waals surface area contributed by atoms with E-state index in [9.17, 15) is 26.2 Å². The Morgan fingerprint density at radius 3 is 2.65 bits per heavy atom. The molecular weight excluding hydrogens is 322 g/mol. The normalized spacial score (nSPS) is 43.0. The monoisotopic (exact) mass is 332 g/mol. The Morgan fingerprint density at radius 2 is 2.05 bits per heavy atom. The van der Waals surface area contributed by atoms with Gasteiger partial charge in [0, 0.05) is 11.8 Å². The van der Waals surface area contributed by atoms with Gasteiger partial charge in [0.05, 0.1) is 5.25 Å². The lowest BCUT2D eigenvalue weighted by atomic mass is 9.94. The van der Waals surface area contributed by atoms with Crippen LogP contribution in [0.1, 0.15) is 12.8 Å². The standard InChI is InChI=1S/C9H10F2O7S2/c10-9(11,20(14,15)16)8(12)17-6-3-1-4-5(2-3)19(13)18-7(4)6/h3-7H,1-2H2,(H,14,15,16). The van der Waals surface area contributed by atoms with Crippen LogP contribution in [0.25, 0.3) is 0 Å². The third kappa shape index (κ3) is 1.83. The molecule has 1 aliphatic heterocycles. The van der Waals surface area contributed by atoms with E-state index in [1.807, 2.05) is 0 Å². The molecule has 3 fully saturated rings. The Kier molecular flexibility index (Phi) is 2.99. The molecule has 2 saturated carbocycles. The smallest absolute Gasteiger partial charge is 0.454 e. The maximum atomic E-state index is 13.1. The fraction of sp³-hybridized carbons (Fsp3) is 0.889. The van der Waals surface area contributed by atoms with Crippen molar-refractivity contribution in [1.29, 1.82) is 0 Å². The van der Waals surface area contributed by atoms with Gasteiger partial charge in [0.15, 0.2) is 11.1 Å². The number of carbonyl (C=O) groups is 1. The first-order chi connectivity index (χ1) is 9.13. The van der Waals surface area contributed by atoms with E-state index in [1.54, 1.807) is 0 Å². The number of carbonyl (C=O) groups excluding carboxylic acids is 1. The molecule has 0 aromatic heterocycles. The molecule has 1 N–H and O–H groups in total. The van der Waals surface area contributed by atoms with E-state index < -0.39 is 44.6 Å². The van der Waals surface area contributed by atoms with Crippen molar-refractivity contribution in [3.05, 3.63) is 0 Å². The molecule has 20 heavy (non-hydrogen) atoms. The lowest BCUT2D eigenvalue weighted by molar-refractivity contribution is -0.173. The highest BCUT2D eigenvalue weighted by Gasteiger charge is 2.64. The highest BCUT2D eigenvalue weighted by molar-refractivity contribution is 7.87. The molecule has 2 aliphatic carbocycles. The number of hydrogen-bond donors (Lipinski definition) is 1. The lowest BCUT2D eigenvalue weighted by Crippen LogP contribution is -2.45. The summed E-state index contributed by atoms with van der Waals surface area (Å²) in [5, 5.41) is -5.20. The fourth-order valence-corrected chi connectivity index (χ4v) is 5.01. The van der Waals surface area contributed by atoms with Crippen molar-refractivity contribution in [3.63, 3.8) is 0 Å². The minimum Gasteiger partial charge on any atom is -0.454 e. The number of ether oxygens (including phenoxy) is 1. The lowest BCUT2D eigenvalue weighted by Gasteiger charge is -2.26. The van der Waals surface area contributed by atoms with Crippen LogP contribution in [0, 0.1) is 11.8 Å². The number of fused-ring (bicyclic) bond motifs is 1. The molecule has 0 radical (unpaired) electrons. The van der Waals surface area contributed by atoms with Crippen molar-refractivity contribution < 1.29 is 39.7 Å². The molecule has 6 atom stereocenters. The van der Waals surface area contributed by atoms with Gasteiger partial charge in [-0.15, -0.1) is 0 Å². The zero-order chi connectivity index (χ0) is 14.9. The van der Waals surface area contributed by atoms with Crippen molar-refractivity contribution in [3.8, 4) is 0 Å². The minimum absolute atomic E-state index is 0.127. The van der Waals surface area contributed by atoms with E-state index in [2.05, 4.69) is 4.74 Å². The summed E-state index contributed by atoms with van der Waals surface area (Å²) in [5.41, 5.74) is 0. The average Bonchev–Trinajstić information content (AvgIpc) is 2.91. The SMILES string of the molecule is O=C(OC1C2CC3C1OS(=O)C3C2)C(F)(F)S(=O)(=O)O. The largest absolute Gasteiger partial charge is 0.465 e. The first-order valence-electron chi connectivity index (χ1n) is 5.76. The number of rotatable bonds is 3. The van der Waals surface area contributed by atoms with Gasteiger partial charge in [0.2, 0.25) is 0 Å². The summed E-state index contributed by atoms with van der Waals surface area (Å²) in [6, 6.07) is 0. The first kappa shape index (κ1) is 14.3. The summed E-state index contributed by atoms with van der Waals surface area (Å²) in [7, 11) is -5.89. The van der Waals surface area contributed by atoms with Gasteiger partial charge in [-0.1, -0.05) is 0 Å². The van der Waals surface area contributed by atoms with Gasteiger partial charge >= 0.3 is 21.3 Å². The second-order valence-corrected chi connectivity index (χ2v) is 7.90. The predicted molar refractivity (Wildman–Crippen MR) is 59.4 cm³/mol. The summed E-state index contributed by atoms with van der Waals surface area (Å²) in [5.74, 6) is -2.74. The number of hydrogen-bond acceptors (Lipinski definition) is 6. The van der Waals surface area contributed by atoms with Gasteiger partial charge < -0.3 is 4.74 Å². The molecule has 7 nitrogen and oxygen atoms in total. The molecule has 6 unspecified atom stereocenters. The van der Waals surface area contributed by atoms with Gasteiger partial charge in [-0.3, -0.25) is 8.74 Å². The van der Waals surface area contributed by atoms with Crippen LogP contribution in [0.5, 0.6) is 0 Å². The van der Waals surface area contributed by atoms with Crippen molar-refractivity contribution in [2.75, 3.05) is 0 Å². The van der Waals surface area contributed by atoms with Crippen molar-refractivity contribution in [2.24, 2.45) is 11.8 Å². The number of alkyl halides is 2. The molecule has 1 saturated heterocycles. The summed E-state index contributed by atoms with van der Waals surface area (Å²) >= 11 is -1.54. The zero-order valence-electron chi connectivity index (χ0n) is 9.77. The van der Waals surface area contributed by atoms with Crippen LogP contribution in [0.2, 0.25) is 0 Å². The molecule has 0 amide bonds. The molecule has 11 heteroatoms. The van der Waals surface area contributed by atoms with E-state index in [1.165, 1.54) is 0 Å². The second kappa shape index (κ2) is 4.18. The third-order valence-electron chi connectivity index (χ3n) is 4.06. The number of halogens is 2. The van der Waals surface area contributed by atoms with E-state index >= 15 is 0 Å². The van der Waals surface area contributed by atoms with Gasteiger partial charge in [0.25, 0.3) is 0 Å². The summed E-state index contributed by atoms with van der Waals surface area (Å²) < 4.78 is 76.7. The van der Waals surface area contributed by atoms with Crippen molar-refractivity contribution in [1.82, 2.24) is 0 Å². The highest BCUT2D eigenvalue weighted by Crippen LogP contribution is 2.54. The Bertz CT molecular complexity index is 589. The quantitative estimate of drug-likeness (QED) is 0.566. The molecule has 2 bridgehead atoms. The zero-order valence-corrected chi connectivity index (χ0v) is 11.4. The highest BCUT2D eigenvalue weighted by atomic mass is 32.2. The van der Waals surface area contributed by atoms with Crippen molar-refractivity contribution >= 4 is 27.2 Å². The van der Waals surface area contributed by atoms with Crippen LogP contribution in [0.3, 0.4) is 0 Å². The average molecular weight is 332 g/mol. The molecule has 0 spiro atoms. The van der Waals surface area contributed by atoms with Crippen molar-refractivity contribution in [2.45, 2.75) is 35.6 Å². The topological polar surface area (TPSA) is 107 Å². The van der Waals surface area contributed by atoms with Crippen LogP contribution in [-0.4, -0.2) is 45.9 Å². The number of esters is 1. The minimum atomic E-state index is -5.89. The Balaban J connectivity index is 1.77. The first-order valence-corrected chi connectivity index (χ1v) is 8.34. The van der Waals surface area contributed by atoms with Crippen LogP contribution < -0.4 is 0 Å². The maximum absolute atomic E-state index is 13.1. The second-order valence-electron chi connectivity index (χ2n) is 5.12. The maximum Gasteiger partial charge on any atom is 0.465 e. The van der Waals surface area contributed by atoms with Gasteiger partial charge in [-0.05, 0) is 12.8 Å². The van der Waals surface area contributed by atoms with E-state index in [4.69, 9.17) is 8.74 Å². The molecular formula is C9H10F2O7S2. The third-order valence-corrected chi connectivity index (χ3v) is 6.32. The summed E-state index contributed by atoms with van der Waals surface area (Å²) in [6.07, 6.45) is -0.844. The van der Waals surface area contributed by atoms with Gasteiger partial charge in [-0.2, -0.15) is 17.2 Å². The summed E-state index contributed by atoms with van der Waals surface area (Å²) in [4.78, 5) is 11.3. The molecule has 3 rings (SSSR count). The molecule has 3 aliphatic rings. The fourth-order valence-electron chi connectivity index (χ4n) is 3.19. The molecule has 0 aromatic rings. The molecule has 1 heterocycles. The predicted octanol–water partition coefficient (Wildman–Crippen LogP) is -0.150. The molecule has 0 aromatic carbocycles. The van der Waals surface area contributed by atoms with Crippen LogP contribution in [0.4, 0.5) is 8.78 Å². The Hall–Kier alpha value is -0.650. The van der Waals surface area contributed by atoms with E-state index in [0.717, 1.165) is 0 Å². The molecule has 114 valence electrons. The van der Waals surface area contributed by atoms with Crippen LogP contribution in [-0.2, 0) is 34.9 Å².